The molecule has 0 saturated heterocycles. The first-order valence-electron chi connectivity index (χ1n) is 4.73. The van der Waals surface area contributed by atoms with Gasteiger partial charge in [-0.15, -0.1) is 0 Å². The lowest BCUT2D eigenvalue weighted by Crippen LogP contribution is -2.21. The van der Waals surface area contributed by atoms with Crippen molar-refractivity contribution in [3.63, 3.8) is 0 Å². The average Bonchev–Trinajstić information content (AvgIpc) is 2.59. The molecule has 0 fully saturated rings. The van der Waals surface area contributed by atoms with Gasteiger partial charge in [0.15, 0.2) is 0 Å². The molecule has 0 radical (unpaired) electrons. The number of nitrogens with zero attached hydrogens (tertiary/aromatic N) is 1. The van der Waals surface area contributed by atoms with Gasteiger partial charge in [-0.2, -0.15) is 21.6 Å². The Morgan fingerprint density at radius 1 is 1.44 bits per heavy atom. The van der Waals surface area contributed by atoms with Crippen LogP contribution in [0.1, 0.15) is 17.9 Å². The normalized spacial score (nSPS) is 11.9. The summed E-state index contributed by atoms with van der Waals surface area (Å²) in [5.41, 5.74) is -4.50. The molecule has 1 rings (SSSR count). The Bertz CT molecular complexity index is 455. The molecule has 0 aliphatic carbocycles. The van der Waals surface area contributed by atoms with E-state index in [4.69, 9.17) is 18.1 Å². The van der Waals surface area contributed by atoms with Crippen molar-refractivity contribution in [2.75, 3.05) is 6.61 Å². The number of halogens is 3. The van der Waals surface area contributed by atoms with Crippen LogP contribution in [0.25, 0.3) is 0 Å². The monoisotopic (exact) mass is 290 g/mol. The second-order valence-electron chi connectivity index (χ2n) is 3.23. The number of H-pyrrole nitrogens is 1. The van der Waals surface area contributed by atoms with E-state index >= 15 is 0 Å². The first kappa shape index (κ1) is 16.9. The number of rotatable bonds is 3. The summed E-state index contributed by atoms with van der Waals surface area (Å²) in [6, 6.07) is 0. The molecule has 106 valence electrons. The minimum absolute atomic E-state index is 0.242. The van der Waals surface area contributed by atoms with Gasteiger partial charge in [-0.1, -0.05) is 0 Å². The fraction of sp³-hybridized carbons (Fsp3) is 0.625. The van der Waals surface area contributed by atoms with Crippen LogP contribution in [0.2, 0.25) is 0 Å². The van der Waals surface area contributed by atoms with E-state index in [0.29, 0.717) is 0 Å². The van der Waals surface area contributed by atoms with Crippen molar-refractivity contribution >= 4 is 10.1 Å². The van der Waals surface area contributed by atoms with Crippen LogP contribution in [0.5, 0.6) is 0 Å². The third-order valence-electron chi connectivity index (χ3n) is 1.64. The number of nitrogens with one attached hydrogen (secondary N) is 1. The smallest absolute Gasteiger partial charge is 0.396 e. The van der Waals surface area contributed by atoms with Crippen LogP contribution in [-0.4, -0.2) is 40.2 Å². The predicted octanol–water partition coefficient (Wildman–Crippen LogP) is 1.04. The van der Waals surface area contributed by atoms with Crippen molar-refractivity contribution in [1.29, 1.82) is 0 Å². The molecule has 0 atom stereocenters. The zero-order chi connectivity index (χ0) is 14.4. The Morgan fingerprint density at radius 3 is 2.22 bits per heavy atom. The van der Waals surface area contributed by atoms with Crippen LogP contribution < -0.4 is 0 Å². The maximum atomic E-state index is 10.7. The molecule has 10 heteroatoms. The maximum absolute atomic E-state index is 10.7. The number of aryl methyl sites for hydroxylation is 2. The molecule has 0 spiro atoms. The number of imidazole rings is 1. The van der Waals surface area contributed by atoms with Crippen LogP contribution in [-0.2, 0) is 16.5 Å². The Kier molecular flexibility index (Phi) is 6.29. The standard InChI is InChI=1S/C7H12N2O.CHF3O3S/c1-6-8-5-7(9-6)3-2-4-10;2-1(3,4)8(5,6)7/h5,10H,2-4H2,1H3,(H,8,9);(H,5,6,7). The van der Waals surface area contributed by atoms with Crippen LogP contribution in [0.3, 0.4) is 0 Å². The van der Waals surface area contributed by atoms with Gasteiger partial charge in [-0.3, -0.25) is 4.55 Å². The number of hydrogen-bond acceptors (Lipinski definition) is 4. The van der Waals surface area contributed by atoms with Gasteiger partial charge < -0.3 is 10.1 Å². The third kappa shape index (κ3) is 6.57. The van der Waals surface area contributed by atoms with E-state index in [1.807, 2.05) is 13.1 Å². The molecule has 1 aromatic heterocycles. The fourth-order valence-electron chi connectivity index (χ4n) is 0.856. The Labute approximate surface area is 102 Å². The summed E-state index contributed by atoms with van der Waals surface area (Å²) in [5.74, 6) is 0.938. The highest BCUT2D eigenvalue weighted by Crippen LogP contribution is 2.20. The number of alkyl halides is 3. The average molecular weight is 290 g/mol. The summed E-state index contributed by atoms with van der Waals surface area (Å²) in [7, 11) is -5.84. The highest BCUT2D eigenvalue weighted by atomic mass is 32.2. The minimum Gasteiger partial charge on any atom is -0.396 e. The molecule has 1 aromatic rings. The predicted molar refractivity (Wildman–Crippen MR) is 56.3 cm³/mol. The highest BCUT2D eigenvalue weighted by molar-refractivity contribution is 7.86. The van der Waals surface area contributed by atoms with Crippen molar-refractivity contribution < 1.29 is 31.2 Å². The lowest BCUT2D eigenvalue weighted by Gasteiger charge is -1.97. The van der Waals surface area contributed by atoms with E-state index in [0.717, 1.165) is 24.4 Å². The van der Waals surface area contributed by atoms with Crippen molar-refractivity contribution in [3.05, 3.63) is 17.7 Å². The van der Waals surface area contributed by atoms with E-state index in [9.17, 15) is 13.2 Å². The van der Waals surface area contributed by atoms with Gasteiger partial charge in [-0.05, 0) is 19.8 Å². The summed E-state index contributed by atoms with van der Waals surface area (Å²) in [6.45, 7) is 2.16. The van der Waals surface area contributed by atoms with Gasteiger partial charge in [0.25, 0.3) is 0 Å². The first-order valence-corrected chi connectivity index (χ1v) is 6.17. The van der Waals surface area contributed by atoms with Gasteiger partial charge in [0.05, 0.1) is 5.69 Å². The van der Waals surface area contributed by atoms with E-state index in [1.165, 1.54) is 0 Å². The number of aliphatic hydroxyl groups excluding tert-OH is 1. The van der Waals surface area contributed by atoms with E-state index in [-0.39, 0.29) is 6.61 Å². The Balaban J connectivity index is 0.000000331. The van der Waals surface area contributed by atoms with E-state index < -0.39 is 15.6 Å². The van der Waals surface area contributed by atoms with Gasteiger partial charge in [0.2, 0.25) is 0 Å². The molecule has 3 N–H and O–H groups in total. The molecule has 0 amide bonds. The van der Waals surface area contributed by atoms with Crippen molar-refractivity contribution in [1.82, 2.24) is 9.97 Å². The Morgan fingerprint density at radius 2 is 1.94 bits per heavy atom. The van der Waals surface area contributed by atoms with Gasteiger partial charge in [0.1, 0.15) is 5.82 Å². The number of aromatic amines is 1. The van der Waals surface area contributed by atoms with Crippen LogP contribution in [0, 0.1) is 6.92 Å². The maximum Gasteiger partial charge on any atom is 0.522 e. The van der Waals surface area contributed by atoms with Gasteiger partial charge >= 0.3 is 15.6 Å². The summed E-state index contributed by atoms with van der Waals surface area (Å²) in [5, 5.41) is 8.50. The van der Waals surface area contributed by atoms with Crippen LogP contribution in [0.15, 0.2) is 6.20 Å². The second-order valence-corrected chi connectivity index (χ2v) is 4.64. The molecule has 6 nitrogen and oxygen atoms in total. The molecule has 1 heterocycles. The van der Waals surface area contributed by atoms with Crippen LogP contribution >= 0.6 is 0 Å². The molecule has 0 aromatic carbocycles. The number of hydrogen-bond donors (Lipinski definition) is 3. The summed E-state index contributed by atoms with van der Waals surface area (Å²) < 4.78 is 57.5. The van der Waals surface area contributed by atoms with Crippen molar-refractivity contribution in [2.45, 2.75) is 25.3 Å². The summed E-state index contributed by atoms with van der Waals surface area (Å²) in [4.78, 5) is 7.17. The van der Waals surface area contributed by atoms with E-state index in [1.54, 1.807) is 0 Å². The SMILES string of the molecule is Cc1nc(CCCO)c[nH]1.O=S(=O)(O)C(F)(F)F. The zero-order valence-electron chi connectivity index (χ0n) is 9.40. The number of aliphatic hydroxyl groups is 1. The number of aromatic nitrogens is 2. The third-order valence-corrected chi connectivity index (χ3v) is 2.23. The summed E-state index contributed by atoms with van der Waals surface area (Å²) >= 11 is 0. The molecule has 0 aliphatic heterocycles. The molecule has 18 heavy (non-hydrogen) atoms. The van der Waals surface area contributed by atoms with Crippen molar-refractivity contribution in [2.24, 2.45) is 0 Å². The molecular weight excluding hydrogens is 277 g/mol. The molecule has 0 aliphatic rings. The van der Waals surface area contributed by atoms with Gasteiger partial charge in [-0.25, -0.2) is 4.98 Å². The fourth-order valence-corrected chi connectivity index (χ4v) is 0.856. The molecule has 0 saturated carbocycles. The second kappa shape index (κ2) is 6.71. The molecular formula is C8H13F3N2O4S. The zero-order valence-corrected chi connectivity index (χ0v) is 10.2. The topological polar surface area (TPSA) is 103 Å². The minimum atomic E-state index is -5.84. The molecule has 0 unspecified atom stereocenters. The van der Waals surface area contributed by atoms with E-state index in [2.05, 4.69) is 9.97 Å². The highest BCUT2D eigenvalue weighted by Gasteiger charge is 2.44. The molecule has 0 bridgehead atoms. The van der Waals surface area contributed by atoms with Crippen molar-refractivity contribution in [3.8, 4) is 0 Å². The first-order chi connectivity index (χ1) is 8.08. The van der Waals surface area contributed by atoms with Crippen LogP contribution in [0.4, 0.5) is 13.2 Å². The Hall–Kier alpha value is -1.13. The quantitative estimate of drug-likeness (QED) is 0.570. The lowest BCUT2D eigenvalue weighted by atomic mass is 10.3. The van der Waals surface area contributed by atoms with Gasteiger partial charge in [0, 0.05) is 12.8 Å². The largest absolute Gasteiger partial charge is 0.522 e. The lowest BCUT2D eigenvalue weighted by molar-refractivity contribution is -0.0510. The summed E-state index contributed by atoms with van der Waals surface area (Å²) in [6.07, 6.45) is 3.54.